The smallest absolute Gasteiger partial charge is 0.307 e. The van der Waals surface area contributed by atoms with Crippen LogP contribution in [0.5, 0.6) is 0 Å². The van der Waals surface area contributed by atoms with Gasteiger partial charge in [0.25, 0.3) is 5.91 Å². The molecular weight excluding hydrogens is 415 g/mol. The van der Waals surface area contributed by atoms with Gasteiger partial charge in [-0.15, -0.1) is 0 Å². The summed E-state index contributed by atoms with van der Waals surface area (Å²) in [6.07, 6.45) is -1.42. The average Bonchev–Trinajstić information content (AvgIpc) is 2.69. The van der Waals surface area contributed by atoms with Crippen molar-refractivity contribution in [2.75, 3.05) is 11.9 Å². The minimum Gasteiger partial charge on any atom is -0.452 e. The van der Waals surface area contributed by atoms with Gasteiger partial charge in [0.05, 0.1) is 11.3 Å². The Morgan fingerprint density at radius 3 is 2.20 bits per heavy atom. The van der Waals surface area contributed by atoms with E-state index in [-0.39, 0.29) is 23.6 Å². The summed E-state index contributed by atoms with van der Waals surface area (Å²) in [5, 5.41) is 2.47. The minimum absolute atomic E-state index is 0.0482. The molecule has 1 atom stereocenters. The number of ketones is 1. The second-order valence-corrected chi connectivity index (χ2v) is 8.12. The molecule has 2 rings (SSSR count). The van der Waals surface area contributed by atoms with Gasteiger partial charge in [-0.05, 0) is 50.2 Å². The zero-order valence-corrected chi connectivity index (χ0v) is 17.2. The fourth-order valence-electron chi connectivity index (χ4n) is 2.33. The molecule has 0 fully saturated rings. The van der Waals surface area contributed by atoms with E-state index in [0.717, 1.165) is 0 Å². The lowest BCUT2D eigenvalue weighted by atomic mass is 10.2. The van der Waals surface area contributed by atoms with Gasteiger partial charge in [-0.1, -0.05) is 12.1 Å². The van der Waals surface area contributed by atoms with Crippen LogP contribution in [0.2, 0.25) is 0 Å². The number of nitrogens with one attached hydrogen (secondary N) is 2. The van der Waals surface area contributed by atoms with Gasteiger partial charge in [-0.25, -0.2) is 17.5 Å². The molecule has 0 saturated carbocycles. The number of sulfonamides is 1. The molecule has 0 aliphatic heterocycles. The van der Waals surface area contributed by atoms with Gasteiger partial charge in [0.15, 0.2) is 11.9 Å². The Bertz CT molecular complexity index is 1020. The maximum Gasteiger partial charge on any atom is 0.307 e. The third-order valence-corrected chi connectivity index (χ3v) is 5.46. The van der Waals surface area contributed by atoms with Crippen molar-refractivity contribution in [2.45, 2.75) is 31.3 Å². The number of hydrogen-bond donors (Lipinski definition) is 2. The molecule has 0 aliphatic rings. The van der Waals surface area contributed by atoms with Crippen molar-refractivity contribution in [3.63, 3.8) is 0 Å². The maximum absolute atomic E-state index is 12.9. The number of anilines is 1. The van der Waals surface area contributed by atoms with Gasteiger partial charge >= 0.3 is 5.97 Å². The summed E-state index contributed by atoms with van der Waals surface area (Å²) in [4.78, 5) is 35.1. The second-order valence-electron chi connectivity index (χ2n) is 6.36. The molecule has 2 aromatic carbocycles. The molecule has 2 aromatic rings. The summed E-state index contributed by atoms with van der Waals surface area (Å²) in [5.41, 5.74) is 0.721. The highest BCUT2D eigenvalue weighted by molar-refractivity contribution is 7.89. The third-order valence-electron chi connectivity index (χ3n) is 3.98. The van der Waals surface area contributed by atoms with E-state index in [9.17, 15) is 27.2 Å². The molecule has 0 aliphatic carbocycles. The fourth-order valence-corrected chi connectivity index (χ4v) is 3.36. The summed E-state index contributed by atoms with van der Waals surface area (Å²) < 4.78 is 44.5. The summed E-state index contributed by atoms with van der Waals surface area (Å²) >= 11 is 0. The number of halogens is 1. The van der Waals surface area contributed by atoms with Crippen LogP contribution < -0.4 is 10.0 Å². The van der Waals surface area contributed by atoms with Crippen LogP contribution in [0.3, 0.4) is 0 Å². The molecule has 0 saturated heterocycles. The molecule has 2 N–H and O–H groups in total. The van der Waals surface area contributed by atoms with E-state index in [1.165, 1.54) is 62.4 Å². The van der Waals surface area contributed by atoms with Crippen LogP contribution in [0.15, 0.2) is 53.4 Å². The first-order chi connectivity index (χ1) is 14.1. The van der Waals surface area contributed by atoms with Crippen LogP contribution in [-0.4, -0.2) is 38.7 Å². The summed E-state index contributed by atoms with van der Waals surface area (Å²) in [5.74, 6) is -2.02. The standard InChI is InChI=1S/C20H21FN2O6S/c1-13(24)15-3-9-18(10-4-15)30(27,28)22-12-11-19(25)29-14(2)20(26)23-17-7-5-16(21)6-8-17/h3-10,14,22H,11-12H2,1-2H3,(H,23,26)/t14-/m0/s1. The number of hydrogen-bond acceptors (Lipinski definition) is 6. The minimum atomic E-state index is -3.87. The molecule has 0 unspecified atom stereocenters. The Morgan fingerprint density at radius 2 is 1.63 bits per heavy atom. The Kier molecular flexibility index (Phi) is 7.79. The van der Waals surface area contributed by atoms with Crippen LogP contribution in [0, 0.1) is 5.82 Å². The molecule has 10 heteroatoms. The summed E-state index contributed by atoms with van der Waals surface area (Å²) in [7, 11) is -3.87. The first-order valence-electron chi connectivity index (χ1n) is 8.95. The second kappa shape index (κ2) is 10.1. The molecule has 0 heterocycles. The first kappa shape index (κ1) is 23.2. The normalized spacial score (nSPS) is 12.1. The van der Waals surface area contributed by atoms with Crippen molar-refractivity contribution >= 4 is 33.4 Å². The van der Waals surface area contributed by atoms with Crippen LogP contribution in [0.25, 0.3) is 0 Å². The predicted molar refractivity (Wildman–Crippen MR) is 107 cm³/mol. The first-order valence-corrected chi connectivity index (χ1v) is 10.4. The lowest BCUT2D eigenvalue weighted by Crippen LogP contribution is -2.32. The molecule has 0 bridgehead atoms. The van der Waals surface area contributed by atoms with Crippen LogP contribution >= 0.6 is 0 Å². The average molecular weight is 436 g/mol. The van der Waals surface area contributed by atoms with Crippen molar-refractivity contribution in [3.05, 3.63) is 59.9 Å². The Balaban J connectivity index is 1.81. The van der Waals surface area contributed by atoms with E-state index < -0.39 is 33.8 Å². The molecule has 30 heavy (non-hydrogen) atoms. The number of carbonyl (C=O) groups excluding carboxylic acids is 3. The zero-order chi connectivity index (χ0) is 22.3. The van der Waals surface area contributed by atoms with Gasteiger partial charge < -0.3 is 10.1 Å². The van der Waals surface area contributed by atoms with Crippen molar-refractivity contribution in [1.29, 1.82) is 0 Å². The Morgan fingerprint density at radius 1 is 1.03 bits per heavy atom. The predicted octanol–water partition coefficient (Wildman–Crippen LogP) is 2.27. The Hall–Kier alpha value is -3.11. The van der Waals surface area contributed by atoms with E-state index >= 15 is 0 Å². The van der Waals surface area contributed by atoms with Gasteiger partial charge in [0.1, 0.15) is 5.82 Å². The van der Waals surface area contributed by atoms with Crippen molar-refractivity contribution in [2.24, 2.45) is 0 Å². The van der Waals surface area contributed by atoms with Crippen LogP contribution in [0.1, 0.15) is 30.6 Å². The summed E-state index contributed by atoms with van der Waals surface area (Å²) in [6, 6.07) is 10.4. The summed E-state index contributed by atoms with van der Waals surface area (Å²) in [6.45, 7) is 2.49. The number of benzene rings is 2. The van der Waals surface area contributed by atoms with E-state index in [1.807, 2.05) is 0 Å². The van der Waals surface area contributed by atoms with Crippen LogP contribution in [0.4, 0.5) is 10.1 Å². The van der Waals surface area contributed by atoms with Crippen molar-refractivity contribution in [1.82, 2.24) is 4.72 Å². The maximum atomic E-state index is 12.9. The number of ether oxygens (including phenoxy) is 1. The van der Waals surface area contributed by atoms with E-state index in [0.29, 0.717) is 11.3 Å². The SMILES string of the molecule is CC(=O)c1ccc(S(=O)(=O)NCCC(=O)O[C@@H](C)C(=O)Nc2ccc(F)cc2)cc1. The molecule has 0 aromatic heterocycles. The largest absolute Gasteiger partial charge is 0.452 e. The van der Waals surface area contributed by atoms with Crippen LogP contribution in [-0.2, 0) is 24.3 Å². The molecule has 8 nitrogen and oxygen atoms in total. The van der Waals surface area contributed by atoms with E-state index in [4.69, 9.17) is 4.74 Å². The Labute approximate surface area is 173 Å². The van der Waals surface area contributed by atoms with E-state index in [2.05, 4.69) is 10.0 Å². The highest BCUT2D eigenvalue weighted by Crippen LogP contribution is 2.12. The number of amides is 1. The van der Waals surface area contributed by atoms with Gasteiger partial charge in [-0.2, -0.15) is 0 Å². The molecule has 0 spiro atoms. The van der Waals surface area contributed by atoms with Crippen molar-refractivity contribution < 1.29 is 31.9 Å². The molecule has 1 amide bonds. The monoisotopic (exact) mass is 436 g/mol. The molecular formula is C20H21FN2O6S. The lowest BCUT2D eigenvalue weighted by molar-refractivity contribution is -0.152. The fraction of sp³-hybridized carbons (Fsp3) is 0.250. The highest BCUT2D eigenvalue weighted by Gasteiger charge is 2.19. The van der Waals surface area contributed by atoms with Gasteiger partial charge in [-0.3, -0.25) is 14.4 Å². The van der Waals surface area contributed by atoms with Gasteiger partial charge in [0.2, 0.25) is 10.0 Å². The topological polar surface area (TPSA) is 119 Å². The van der Waals surface area contributed by atoms with Gasteiger partial charge in [0, 0.05) is 17.8 Å². The zero-order valence-electron chi connectivity index (χ0n) is 16.3. The van der Waals surface area contributed by atoms with Crippen molar-refractivity contribution in [3.8, 4) is 0 Å². The quantitative estimate of drug-likeness (QED) is 0.460. The molecule has 160 valence electrons. The number of rotatable bonds is 9. The van der Waals surface area contributed by atoms with E-state index in [1.54, 1.807) is 0 Å². The number of esters is 1. The third kappa shape index (κ3) is 6.75. The highest BCUT2D eigenvalue weighted by atomic mass is 32.2. The number of carbonyl (C=O) groups is 3. The molecule has 0 radical (unpaired) electrons. The lowest BCUT2D eigenvalue weighted by Gasteiger charge is -2.14. The number of Topliss-reactive ketones (excluding diaryl/α,β-unsaturated/α-hetero) is 1.